The van der Waals surface area contributed by atoms with E-state index in [1.807, 2.05) is 0 Å². The summed E-state index contributed by atoms with van der Waals surface area (Å²) >= 11 is 0. The Morgan fingerprint density at radius 1 is 1.45 bits per heavy atom. The molecule has 0 aliphatic carbocycles. The molecule has 0 bridgehead atoms. The number of rotatable bonds is 7. The molecule has 1 unspecified atom stereocenters. The van der Waals surface area contributed by atoms with Gasteiger partial charge < -0.3 is 15.8 Å². The van der Waals surface area contributed by atoms with Gasteiger partial charge in [0.15, 0.2) is 9.84 Å². The molecule has 1 rings (SSSR count). The highest BCUT2D eigenvalue weighted by Crippen LogP contribution is 2.16. The van der Waals surface area contributed by atoms with Crippen LogP contribution in [0.4, 0.5) is 5.69 Å². The standard InChI is InChI=1S/C13H20N2O4S/c1-10(14)6-7-20(17,18)9-13(16)15-11-4-3-5-12(8-11)19-2/h3-5,8,10H,6-7,9,14H2,1-2H3,(H,15,16). The summed E-state index contributed by atoms with van der Waals surface area (Å²) in [5, 5.41) is 2.53. The van der Waals surface area contributed by atoms with E-state index >= 15 is 0 Å². The molecular weight excluding hydrogens is 280 g/mol. The van der Waals surface area contributed by atoms with Gasteiger partial charge in [-0.15, -0.1) is 0 Å². The molecule has 0 spiro atoms. The number of carbonyl (C=O) groups excluding carboxylic acids is 1. The third-order valence-corrected chi connectivity index (χ3v) is 4.15. The first-order valence-corrected chi connectivity index (χ1v) is 8.04. The van der Waals surface area contributed by atoms with Crippen LogP contribution in [0.5, 0.6) is 5.75 Å². The van der Waals surface area contributed by atoms with Gasteiger partial charge in [0.1, 0.15) is 11.5 Å². The molecule has 0 heterocycles. The first-order chi connectivity index (χ1) is 9.32. The summed E-state index contributed by atoms with van der Waals surface area (Å²) < 4.78 is 28.5. The van der Waals surface area contributed by atoms with Crippen molar-refractivity contribution >= 4 is 21.4 Å². The van der Waals surface area contributed by atoms with E-state index in [9.17, 15) is 13.2 Å². The molecule has 1 aromatic rings. The molecule has 0 aliphatic rings. The zero-order valence-electron chi connectivity index (χ0n) is 11.6. The van der Waals surface area contributed by atoms with Gasteiger partial charge in [-0.25, -0.2) is 8.42 Å². The average Bonchev–Trinajstić information content (AvgIpc) is 2.36. The second-order valence-corrected chi connectivity index (χ2v) is 6.82. The van der Waals surface area contributed by atoms with Crippen molar-refractivity contribution in [2.75, 3.05) is 23.9 Å². The summed E-state index contributed by atoms with van der Waals surface area (Å²) in [6.07, 6.45) is 0.342. The molecule has 0 fully saturated rings. The predicted octanol–water partition coefficient (Wildman–Crippen LogP) is 0.786. The Labute approximate surface area is 119 Å². The van der Waals surface area contributed by atoms with Crippen molar-refractivity contribution in [2.24, 2.45) is 5.73 Å². The van der Waals surface area contributed by atoms with E-state index in [4.69, 9.17) is 10.5 Å². The van der Waals surface area contributed by atoms with Crippen LogP contribution in [-0.4, -0.2) is 39.0 Å². The van der Waals surface area contributed by atoms with Gasteiger partial charge in [-0.1, -0.05) is 6.07 Å². The first-order valence-electron chi connectivity index (χ1n) is 6.22. The molecule has 1 atom stereocenters. The van der Waals surface area contributed by atoms with Crippen molar-refractivity contribution in [3.63, 3.8) is 0 Å². The normalized spacial score (nSPS) is 12.8. The van der Waals surface area contributed by atoms with E-state index in [1.165, 1.54) is 7.11 Å². The summed E-state index contributed by atoms with van der Waals surface area (Å²) in [6.45, 7) is 1.73. The Bertz CT molecular complexity index is 555. The number of amides is 1. The van der Waals surface area contributed by atoms with Crippen LogP contribution in [0.2, 0.25) is 0 Å². The van der Waals surface area contributed by atoms with Crippen molar-refractivity contribution in [3.05, 3.63) is 24.3 Å². The minimum absolute atomic E-state index is 0.0871. The molecule has 0 aliphatic heterocycles. The van der Waals surface area contributed by atoms with E-state index in [-0.39, 0.29) is 11.8 Å². The predicted molar refractivity (Wildman–Crippen MR) is 78.5 cm³/mol. The lowest BCUT2D eigenvalue weighted by Gasteiger charge is -2.08. The van der Waals surface area contributed by atoms with Crippen LogP contribution in [-0.2, 0) is 14.6 Å². The lowest BCUT2D eigenvalue weighted by molar-refractivity contribution is -0.113. The van der Waals surface area contributed by atoms with Gasteiger partial charge in [0.2, 0.25) is 5.91 Å². The summed E-state index contributed by atoms with van der Waals surface area (Å²) in [7, 11) is -1.92. The van der Waals surface area contributed by atoms with Gasteiger partial charge in [-0.3, -0.25) is 4.79 Å². The molecule has 0 aromatic heterocycles. The van der Waals surface area contributed by atoms with Crippen LogP contribution in [0.3, 0.4) is 0 Å². The minimum atomic E-state index is -3.43. The number of nitrogens with two attached hydrogens (primary N) is 1. The number of sulfone groups is 1. The largest absolute Gasteiger partial charge is 0.497 e. The fraction of sp³-hybridized carbons (Fsp3) is 0.462. The molecule has 112 valence electrons. The number of methoxy groups -OCH3 is 1. The van der Waals surface area contributed by atoms with Crippen LogP contribution in [0, 0.1) is 0 Å². The quantitative estimate of drug-likeness (QED) is 0.775. The molecule has 0 saturated heterocycles. The lowest BCUT2D eigenvalue weighted by Crippen LogP contribution is -2.27. The third kappa shape index (κ3) is 6.03. The van der Waals surface area contributed by atoms with Crippen molar-refractivity contribution < 1.29 is 17.9 Å². The highest BCUT2D eigenvalue weighted by atomic mass is 32.2. The number of carbonyl (C=O) groups is 1. The van der Waals surface area contributed by atoms with Gasteiger partial charge in [0.25, 0.3) is 0 Å². The number of benzene rings is 1. The average molecular weight is 300 g/mol. The molecule has 20 heavy (non-hydrogen) atoms. The molecular formula is C13H20N2O4S. The lowest BCUT2D eigenvalue weighted by atomic mass is 10.3. The highest BCUT2D eigenvalue weighted by Gasteiger charge is 2.17. The van der Waals surface area contributed by atoms with Gasteiger partial charge in [-0.05, 0) is 25.5 Å². The summed E-state index contributed by atoms with van der Waals surface area (Å²) in [6, 6.07) is 6.52. The molecule has 1 amide bonds. The Morgan fingerprint density at radius 2 is 2.15 bits per heavy atom. The fourth-order valence-corrected chi connectivity index (χ4v) is 2.88. The molecule has 0 radical (unpaired) electrons. The summed E-state index contributed by atoms with van der Waals surface area (Å²) in [4.78, 5) is 11.7. The summed E-state index contributed by atoms with van der Waals surface area (Å²) in [5.41, 5.74) is 6.00. The van der Waals surface area contributed by atoms with Crippen LogP contribution in [0.15, 0.2) is 24.3 Å². The number of nitrogens with one attached hydrogen (secondary N) is 1. The number of ether oxygens (including phenoxy) is 1. The second kappa shape index (κ2) is 7.25. The van der Waals surface area contributed by atoms with E-state index < -0.39 is 21.5 Å². The topological polar surface area (TPSA) is 98.5 Å². The number of hydrogen-bond acceptors (Lipinski definition) is 5. The maximum absolute atomic E-state index is 11.7. The molecule has 1 aromatic carbocycles. The van der Waals surface area contributed by atoms with Crippen LogP contribution >= 0.6 is 0 Å². The molecule has 3 N–H and O–H groups in total. The molecule has 0 saturated carbocycles. The maximum Gasteiger partial charge on any atom is 0.239 e. The smallest absolute Gasteiger partial charge is 0.239 e. The monoisotopic (exact) mass is 300 g/mol. The maximum atomic E-state index is 11.7. The first kappa shape index (κ1) is 16.5. The van der Waals surface area contributed by atoms with Crippen LogP contribution in [0.25, 0.3) is 0 Å². The van der Waals surface area contributed by atoms with Crippen LogP contribution in [0.1, 0.15) is 13.3 Å². The van der Waals surface area contributed by atoms with Crippen molar-refractivity contribution in [2.45, 2.75) is 19.4 Å². The Balaban J connectivity index is 2.58. The number of anilines is 1. The van der Waals surface area contributed by atoms with Gasteiger partial charge >= 0.3 is 0 Å². The minimum Gasteiger partial charge on any atom is -0.497 e. The van der Waals surface area contributed by atoms with Gasteiger partial charge in [0, 0.05) is 17.8 Å². The highest BCUT2D eigenvalue weighted by molar-refractivity contribution is 7.92. The number of hydrogen-bond donors (Lipinski definition) is 2. The van der Waals surface area contributed by atoms with Crippen LogP contribution < -0.4 is 15.8 Å². The Hall–Kier alpha value is -1.60. The van der Waals surface area contributed by atoms with Gasteiger partial charge in [0.05, 0.1) is 12.9 Å². The second-order valence-electron chi connectivity index (χ2n) is 4.64. The fourth-order valence-electron chi connectivity index (χ4n) is 1.54. The van der Waals surface area contributed by atoms with Crippen molar-refractivity contribution in [1.82, 2.24) is 0 Å². The third-order valence-electron chi connectivity index (χ3n) is 2.59. The summed E-state index contributed by atoms with van der Waals surface area (Å²) in [5.74, 6) is -0.613. The molecule has 7 heteroatoms. The zero-order valence-corrected chi connectivity index (χ0v) is 12.4. The van der Waals surface area contributed by atoms with E-state index in [2.05, 4.69) is 5.32 Å². The van der Waals surface area contributed by atoms with Crippen molar-refractivity contribution in [3.8, 4) is 5.75 Å². The van der Waals surface area contributed by atoms with E-state index in [0.717, 1.165) is 0 Å². The SMILES string of the molecule is COc1cccc(NC(=O)CS(=O)(=O)CCC(C)N)c1. The molecule has 6 nitrogen and oxygen atoms in total. The van der Waals surface area contributed by atoms with E-state index in [1.54, 1.807) is 31.2 Å². The van der Waals surface area contributed by atoms with Crippen molar-refractivity contribution in [1.29, 1.82) is 0 Å². The Morgan fingerprint density at radius 3 is 2.75 bits per heavy atom. The van der Waals surface area contributed by atoms with Gasteiger partial charge in [-0.2, -0.15) is 0 Å². The zero-order chi connectivity index (χ0) is 15.2. The van der Waals surface area contributed by atoms with E-state index in [0.29, 0.717) is 17.9 Å². The Kier molecular flexibility index (Phi) is 5.97.